The van der Waals surface area contributed by atoms with Crippen molar-refractivity contribution in [1.82, 2.24) is 0 Å². The Bertz CT molecular complexity index is 2820. The van der Waals surface area contributed by atoms with Gasteiger partial charge in [-0.25, -0.2) is 0 Å². The molecule has 0 fully saturated rings. The van der Waals surface area contributed by atoms with Crippen LogP contribution < -0.4 is 0 Å². The Labute approximate surface area is 279 Å². The molecule has 0 aromatic heterocycles. The smallest absolute Gasteiger partial charge is 0.00262 e. The highest BCUT2D eigenvalue weighted by Gasteiger charge is 2.17. The maximum Gasteiger partial charge on any atom is -0.00262 e. The van der Waals surface area contributed by atoms with Gasteiger partial charge in [-0.05, 0) is 116 Å². The monoisotopic (exact) mass is 606 g/mol. The molecule has 222 valence electrons. The average Bonchev–Trinajstić information content (AvgIpc) is 3.16. The first-order chi connectivity index (χ1) is 23.8. The van der Waals surface area contributed by atoms with Crippen LogP contribution in [0.25, 0.3) is 98.0 Å². The molecular formula is C48H30. The molecule has 0 radical (unpaired) electrons. The van der Waals surface area contributed by atoms with Crippen LogP contribution in [0.4, 0.5) is 0 Å². The Morgan fingerprint density at radius 2 is 0.667 bits per heavy atom. The van der Waals surface area contributed by atoms with Crippen LogP contribution in [-0.2, 0) is 0 Å². The van der Waals surface area contributed by atoms with E-state index in [-0.39, 0.29) is 0 Å². The summed E-state index contributed by atoms with van der Waals surface area (Å²) in [5.41, 5.74) is 7.55. The summed E-state index contributed by atoms with van der Waals surface area (Å²) in [6, 6.07) is 67.1. The highest BCUT2D eigenvalue weighted by atomic mass is 14.2. The van der Waals surface area contributed by atoms with Crippen LogP contribution in [0, 0.1) is 0 Å². The number of hydrogen-bond acceptors (Lipinski definition) is 0. The number of fused-ring (bicyclic) bond motifs is 7. The molecule has 0 amide bonds. The van der Waals surface area contributed by atoms with Gasteiger partial charge < -0.3 is 0 Å². The molecule has 0 aliphatic rings. The zero-order valence-corrected chi connectivity index (χ0v) is 26.3. The van der Waals surface area contributed by atoms with Gasteiger partial charge in [-0.3, -0.25) is 0 Å². The zero-order valence-electron chi connectivity index (χ0n) is 26.3. The maximum atomic E-state index is 2.37. The number of hydrogen-bond donors (Lipinski definition) is 0. The van der Waals surface area contributed by atoms with Gasteiger partial charge in [0.2, 0.25) is 0 Å². The van der Waals surface area contributed by atoms with E-state index < -0.39 is 0 Å². The van der Waals surface area contributed by atoms with Gasteiger partial charge in [0.1, 0.15) is 0 Å². The highest BCUT2D eigenvalue weighted by Crippen LogP contribution is 2.44. The van der Waals surface area contributed by atoms with Crippen LogP contribution in [0.5, 0.6) is 0 Å². The molecule has 0 heterocycles. The lowest BCUT2D eigenvalue weighted by molar-refractivity contribution is 1.64. The molecule has 10 aromatic rings. The van der Waals surface area contributed by atoms with E-state index in [9.17, 15) is 0 Å². The van der Waals surface area contributed by atoms with Crippen molar-refractivity contribution in [3.63, 3.8) is 0 Å². The van der Waals surface area contributed by atoms with Crippen LogP contribution in [0.2, 0.25) is 0 Å². The van der Waals surface area contributed by atoms with E-state index in [0.717, 1.165) is 0 Å². The van der Waals surface area contributed by atoms with Crippen LogP contribution in [0.3, 0.4) is 0 Å². The quantitative estimate of drug-likeness (QED) is 0.139. The Hall–Kier alpha value is -6.24. The fraction of sp³-hybridized carbons (Fsp3) is 0. The SMILES string of the molecule is c1ccc2cc(-c3c4ccccc4c(-c4ccc(-c5cccc6cc7c(ccc8ccccc87)cc56)cc4)c4ccccc34)ccc2c1. The molecule has 48 heavy (non-hydrogen) atoms. The molecular weight excluding hydrogens is 577 g/mol. The summed E-state index contributed by atoms with van der Waals surface area (Å²) in [5.74, 6) is 0. The van der Waals surface area contributed by atoms with Crippen molar-refractivity contribution >= 4 is 64.6 Å². The van der Waals surface area contributed by atoms with Crippen LogP contribution in [0.15, 0.2) is 182 Å². The summed E-state index contributed by atoms with van der Waals surface area (Å²) < 4.78 is 0. The minimum Gasteiger partial charge on any atom is -0.0616 e. The standard InChI is InChI=1S/C48H30/c1-2-12-35-28-38(27-20-31(35)10-1)48-43-17-7-5-15-41(43)47(42-16-6-8-18-44(42)48)34-24-21-33(22-25-34)40-19-9-13-36-29-46-37(30-45(36)40)26-23-32-11-3-4-14-39(32)46/h1-30H. The predicted octanol–water partition coefficient (Wildman–Crippen LogP) is 13.6. The summed E-state index contributed by atoms with van der Waals surface area (Å²) in [7, 11) is 0. The van der Waals surface area contributed by atoms with Crippen molar-refractivity contribution in [1.29, 1.82) is 0 Å². The average molecular weight is 607 g/mol. The second kappa shape index (κ2) is 10.7. The number of benzene rings is 10. The molecule has 0 bridgehead atoms. The summed E-state index contributed by atoms with van der Waals surface area (Å²) >= 11 is 0. The largest absolute Gasteiger partial charge is 0.0616 e. The lowest BCUT2D eigenvalue weighted by Crippen LogP contribution is -1.91. The fourth-order valence-corrected chi connectivity index (χ4v) is 7.94. The molecule has 0 atom stereocenters. The predicted molar refractivity (Wildman–Crippen MR) is 208 cm³/mol. The fourth-order valence-electron chi connectivity index (χ4n) is 7.94. The molecule has 10 aromatic carbocycles. The second-order valence-corrected chi connectivity index (χ2v) is 12.9. The lowest BCUT2D eigenvalue weighted by Gasteiger charge is -2.18. The van der Waals surface area contributed by atoms with Gasteiger partial charge >= 0.3 is 0 Å². The van der Waals surface area contributed by atoms with Gasteiger partial charge in [-0.15, -0.1) is 0 Å². The molecule has 0 spiro atoms. The maximum absolute atomic E-state index is 2.37. The van der Waals surface area contributed by atoms with Gasteiger partial charge in [0.25, 0.3) is 0 Å². The topological polar surface area (TPSA) is 0 Å². The normalized spacial score (nSPS) is 11.8. The molecule has 0 N–H and O–H groups in total. The Balaban J connectivity index is 1.15. The molecule has 0 unspecified atom stereocenters. The third-order valence-corrected chi connectivity index (χ3v) is 10.2. The summed E-state index contributed by atoms with van der Waals surface area (Å²) in [4.78, 5) is 0. The van der Waals surface area contributed by atoms with Gasteiger partial charge in [0, 0.05) is 0 Å². The minimum absolute atomic E-state index is 1.23. The van der Waals surface area contributed by atoms with Crippen molar-refractivity contribution in [2.75, 3.05) is 0 Å². The van der Waals surface area contributed by atoms with Crippen molar-refractivity contribution in [2.45, 2.75) is 0 Å². The van der Waals surface area contributed by atoms with Gasteiger partial charge in [0.05, 0.1) is 0 Å². The molecule has 0 aliphatic carbocycles. The zero-order chi connectivity index (χ0) is 31.6. The van der Waals surface area contributed by atoms with E-state index in [0.29, 0.717) is 0 Å². The Morgan fingerprint density at radius 3 is 1.38 bits per heavy atom. The van der Waals surface area contributed by atoms with E-state index in [1.54, 1.807) is 0 Å². The molecule has 0 nitrogen and oxygen atoms in total. The summed E-state index contributed by atoms with van der Waals surface area (Å²) in [6.45, 7) is 0. The van der Waals surface area contributed by atoms with E-state index >= 15 is 0 Å². The van der Waals surface area contributed by atoms with E-state index in [1.807, 2.05) is 0 Å². The molecule has 10 rings (SSSR count). The van der Waals surface area contributed by atoms with Crippen LogP contribution in [0.1, 0.15) is 0 Å². The Kier molecular flexibility index (Phi) is 5.98. The molecule has 0 saturated heterocycles. The van der Waals surface area contributed by atoms with Gasteiger partial charge in [-0.2, -0.15) is 0 Å². The van der Waals surface area contributed by atoms with Gasteiger partial charge in [-0.1, -0.05) is 164 Å². The number of rotatable bonds is 3. The molecule has 0 aliphatic heterocycles. The van der Waals surface area contributed by atoms with Crippen molar-refractivity contribution in [2.24, 2.45) is 0 Å². The van der Waals surface area contributed by atoms with Crippen molar-refractivity contribution in [3.05, 3.63) is 182 Å². The first-order valence-electron chi connectivity index (χ1n) is 16.7. The van der Waals surface area contributed by atoms with E-state index in [1.165, 1.54) is 98.0 Å². The lowest BCUT2D eigenvalue weighted by atomic mass is 9.85. The van der Waals surface area contributed by atoms with E-state index in [2.05, 4.69) is 182 Å². The van der Waals surface area contributed by atoms with Gasteiger partial charge in [0.15, 0.2) is 0 Å². The second-order valence-electron chi connectivity index (χ2n) is 12.9. The van der Waals surface area contributed by atoms with E-state index in [4.69, 9.17) is 0 Å². The first-order valence-corrected chi connectivity index (χ1v) is 16.7. The van der Waals surface area contributed by atoms with Crippen LogP contribution >= 0.6 is 0 Å². The van der Waals surface area contributed by atoms with Crippen LogP contribution in [-0.4, -0.2) is 0 Å². The third-order valence-electron chi connectivity index (χ3n) is 10.2. The first kappa shape index (κ1) is 26.9. The van der Waals surface area contributed by atoms with Crippen molar-refractivity contribution in [3.8, 4) is 33.4 Å². The van der Waals surface area contributed by atoms with Crippen molar-refractivity contribution < 1.29 is 0 Å². The molecule has 0 heteroatoms. The highest BCUT2D eigenvalue weighted by molar-refractivity contribution is 6.22. The minimum atomic E-state index is 1.23. The summed E-state index contributed by atoms with van der Waals surface area (Å²) in [6.07, 6.45) is 0. The third kappa shape index (κ3) is 4.16. The Morgan fingerprint density at radius 1 is 0.208 bits per heavy atom. The molecule has 0 saturated carbocycles. The summed E-state index contributed by atoms with van der Waals surface area (Å²) in [5, 5.41) is 15.3.